The molecule has 2 amide bonds. The third kappa shape index (κ3) is 6.90. The maximum atomic E-state index is 13.6. The standard InChI is InChI=1S/C35H44ClN3O7S/c1-34(2)33(41)37-47(42,43)26-11-14-31-29(18-26)39(21-35(22-45-31)15-5-7-23-17-25(36)10-13-28(23)35)19-24-9-12-27(24)30(8-6-16-46-34)44-20-32(40)38(3)4/h6,8,10-11,13-14,17-18,24,27,30H,5,7,9,12,15-16,19-22H2,1-4H3,(H,37,41)/t24-,27+,30+,35-/m0/s1. The SMILES string of the molecule is CN(C)C(=O)CO[C@@H]1C=CCOC(C)(C)C(=O)NS(=O)(=O)c2ccc3c(c2)N(C[C@@H]2CC[C@H]21)C[C@@]1(CCCc2cc(Cl)ccc21)CO3. The average Bonchev–Trinajstić information content (AvgIpc) is 3.15. The topological polar surface area (TPSA) is 114 Å². The Hall–Kier alpha value is -3.12. The quantitative estimate of drug-likeness (QED) is 0.471. The normalized spacial score (nSPS) is 28.1. The molecular weight excluding hydrogens is 642 g/mol. The van der Waals surface area contributed by atoms with Gasteiger partial charge in [0.15, 0.2) is 0 Å². The van der Waals surface area contributed by atoms with Gasteiger partial charge in [-0.15, -0.1) is 0 Å². The summed E-state index contributed by atoms with van der Waals surface area (Å²) in [4.78, 5) is 29.4. The summed E-state index contributed by atoms with van der Waals surface area (Å²) in [5, 5.41) is 0.707. The van der Waals surface area contributed by atoms with Crippen molar-refractivity contribution in [2.75, 3.05) is 51.9 Å². The lowest BCUT2D eigenvalue weighted by Crippen LogP contribution is -2.50. The van der Waals surface area contributed by atoms with Gasteiger partial charge in [0.2, 0.25) is 5.91 Å². The van der Waals surface area contributed by atoms with Crippen molar-refractivity contribution in [2.45, 2.75) is 68.0 Å². The van der Waals surface area contributed by atoms with E-state index in [4.69, 9.17) is 25.8 Å². The van der Waals surface area contributed by atoms with Crippen LogP contribution in [0.1, 0.15) is 50.7 Å². The molecule has 2 aromatic rings. The number of hydrogen-bond donors (Lipinski definition) is 1. The number of rotatable bonds is 3. The second-order valence-electron chi connectivity index (χ2n) is 14.0. The van der Waals surface area contributed by atoms with Gasteiger partial charge < -0.3 is 24.0 Å². The molecule has 2 aromatic carbocycles. The van der Waals surface area contributed by atoms with E-state index in [1.54, 1.807) is 32.3 Å². The number of halogens is 1. The monoisotopic (exact) mass is 685 g/mol. The van der Waals surface area contributed by atoms with Crippen LogP contribution in [0.3, 0.4) is 0 Å². The number of carbonyl (C=O) groups excluding carboxylic acids is 2. The molecule has 12 heteroatoms. The van der Waals surface area contributed by atoms with E-state index in [0.717, 1.165) is 32.1 Å². The van der Waals surface area contributed by atoms with E-state index in [1.165, 1.54) is 35.9 Å². The number of aryl methyl sites for hydroxylation is 1. The highest BCUT2D eigenvalue weighted by molar-refractivity contribution is 7.90. The van der Waals surface area contributed by atoms with Crippen LogP contribution in [0, 0.1) is 11.8 Å². The number of ether oxygens (including phenoxy) is 3. The zero-order valence-corrected chi connectivity index (χ0v) is 29.0. The van der Waals surface area contributed by atoms with E-state index < -0.39 is 21.5 Å². The van der Waals surface area contributed by atoms with Crippen LogP contribution >= 0.6 is 11.6 Å². The van der Waals surface area contributed by atoms with Gasteiger partial charge in [0, 0.05) is 37.6 Å². The van der Waals surface area contributed by atoms with E-state index in [1.807, 2.05) is 18.2 Å². The molecule has 2 heterocycles. The van der Waals surface area contributed by atoms with E-state index in [-0.39, 0.29) is 47.4 Å². The first-order valence-electron chi connectivity index (χ1n) is 16.3. The molecule has 0 unspecified atom stereocenters. The van der Waals surface area contributed by atoms with Crippen molar-refractivity contribution in [1.82, 2.24) is 9.62 Å². The molecule has 2 aliphatic carbocycles. The third-order valence-corrected chi connectivity index (χ3v) is 11.8. The predicted octanol–water partition coefficient (Wildman–Crippen LogP) is 4.48. The van der Waals surface area contributed by atoms with Crippen LogP contribution in [0.4, 0.5) is 5.69 Å². The van der Waals surface area contributed by atoms with Crippen LogP contribution in [-0.4, -0.2) is 83.8 Å². The molecule has 1 N–H and O–H groups in total. The molecule has 4 atom stereocenters. The van der Waals surface area contributed by atoms with Gasteiger partial charge in [-0.2, -0.15) is 0 Å². The average molecular weight is 686 g/mol. The van der Waals surface area contributed by atoms with Gasteiger partial charge in [-0.3, -0.25) is 9.59 Å². The fraction of sp³-hybridized carbons (Fsp3) is 0.543. The van der Waals surface area contributed by atoms with Gasteiger partial charge in [0.1, 0.15) is 18.0 Å². The van der Waals surface area contributed by atoms with Crippen LogP contribution < -0.4 is 14.4 Å². The zero-order valence-electron chi connectivity index (χ0n) is 27.5. The maximum Gasteiger partial charge on any atom is 0.265 e. The highest BCUT2D eigenvalue weighted by Crippen LogP contribution is 2.47. The predicted molar refractivity (Wildman–Crippen MR) is 179 cm³/mol. The smallest absolute Gasteiger partial charge is 0.265 e. The Bertz CT molecular complexity index is 1680. The van der Waals surface area contributed by atoms with Crippen LogP contribution in [0.25, 0.3) is 0 Å². The summed E-state index contributed by atoms with van der Waals surface area (Å²) in [6, 6.07) is 10.9. The highest BCUT2D eigenvalue weighted by Gasteiger charge is 2.45. The molecule has 10 nitrogen and oxygen atoms in total. The van der Waals surface area contributed by atoms with Crippen LogP contribution in [0.2, 0.25) is 5.02 Å². The Balaban J connectivity index is 1.42. The minimum absolute atomic E-state index is 0.0265. The second-order valence-corrected chi connectivity index (χ2v) is 16.1. The van der Waals surface area contributed by atoms with Crippen molar-refractivity contribution >= 4 is 39.1 Å². The largest absolute Gasteiger partial charge is 0.490 e. The molecule has 0 aromatic heterocycles. The summed E-state index contributed by atoms with van der Waals surface area (Å²) in [5.41, 5.74) is 1.33. The number of sulfonamides is 1. The number of nitrogens with one attached hydrogen (secondary N) is 1. The van der Waals surface area contributed by atoms with Gasteiger partial charge in [-0.1, -0.05) is 29.8 Å². The number of carbonyl (C=O) groups is 2. The number of fused-ring (bicyclic) bond motifs is 4. The molecule has 0 radical (unpaired) electrons. The fourth-order valence-electron chi connectivity index (χ4n) is 7.23. The molecule has 0 saturated heterocycles. The lowest BCUT2D eigenvalue weighted by Gasteiger charge is -2.46. The number of hydrogen-bond acceptors (Lipinski definition) is 8. The van der Waals surface area contributed by atoms with E-state index in [0.29, 0.717) is 36.2 Å². The number of benzene rings is 2. The molecule has 1 fully saturated rings. The lowest BCUT2D eigenvalue weighted by molar-refractivity contribution is -0.139. The van der Waals surface area contributed by atoms with Crippen molar-refractivity contribution in [1.29, 1.82) is 0 Å². The van der Waals surface area contributed by atoms with Gasteiger partial charge in [0.05, 0.1) is 29.9 Å². The molecule has 1 saturated carbocycles. The molecule has 2 bridgehead atoms. The lowest BCUT2D eigenvalue weighted by atomic mass is 9.68. The maximum absolute atomic E-state index is 13.6. The molecule has 1 spiro atoms. The third-order valence-electron chi connectivity index (χ3n) is 10.2. The van der Waals surface area contributed by atoms with Gasteiger partial charge in [0.25, 0.3) is 15.9 Å². The Kier molecular flexibility index (Phi) is 9.38. The second kappa shape index (κ2) is 13.1. The summed E-state index contributed by atoms with van der Waals surface area (Å²) in [7, 11) is -0.817. The molecule has 2 aliphatic heterocycles. The Labute approximate surface area is 282 Å². The van der Waals surface area contributed by atoms with Crippen LogP contribution in [-0.2, 0) is 40.9 Å². The van der Waals surface area contributed by atoms with Crippen molar-refractivity contribution in [3.05, 3.63) is 64.7 Å². The van der Waals surface area contributed by atoms with E-state index in [9.17, 15) is 18.0 Å². The Morgan fingerprint density at radius 2 is 1.98 bits per heavy atom. The zero-order chi connectivity index (χ0) is 33.6. The number of anilines is 1. The first-order chi connectivity index (χ1) is 22.3. The van der Waals surface area contributed by atoms with Crippen LogP contribution in [0.15, 0.2) is 53.4 Å². The van der Waals surface area contributed by atoms with E-state index >= 15 is 0 Å². The molecule has 4 aliphatic rings. The first-order valence-corrected chi connectivity index (χ1v) is 18.1. The van der Waals surface area contributed by atoms with Crippen molar-refractivity contribution in [2.24, 2.45) is 11.8 Å². The molecule has 6 rings (SSSR count). The molecule has 254 valence electrons. The molecule has 47 heavy (non-hydrogen) atoms. The summed E-state index contributed by atoms with van der Waals surface area (Å²) < 4.78 is 48.0. The van der Waals surface area contributed by atoms with Crippen molar-refractivity contribution in [3.8, 4) is 5.75 Å². The summed E-state index contributed by atoms with van der Waals surface area (Å²) in [6.45, 7) is 4.77. The number of likely N-dealkylation sites (N-methyl/N-ethyl adjacent to an activating group) is 1. The summed E-state index contributed by atoms with van der Waals surface area (Å²) in [6.07, 6.45) is 8.08. The minimum Gasteiger partial charge on any atom is -0.490 e. The van der Waals surface area contributed by atoms with Gasteiger partial charge >= 0.3 is 0 Å². The fourth-order valence-corrected chi connectivity index (χ4v) is 8.55. The van der Waals surface area contributed by atoms with Gasteiger partial charge in [-0.25, -0.2) is 13.1 Å². The van der Waals surface area contributed by atoms with Crippen LogP contribution in [0.5, 0.6) is 5.75 Å². The van der Waals surface area contributed by atoms with E-state index in [2.05, 4.69) is 15.7 Å². The Morgan fingerprint density at radius 3 is 2.72 bits per heavy atom. The number of nitrogens with zero attached hydrogens (tertiary/aromatic N) is 2. The molecular formula is C35H44ClN3O7S. The summed E-state index contributed by atoms with van der Waals surface area (Å²) >= 11 is 6.42. The van der Waals surface area contributed by atoms with Gasteiger partial charge in [-0.05, 0) is 99.2 Å². The highest BCUT2D eigenvalue weighted by atomic mass is 35.5. The Morgan fingerprint density at radius 1 is 1.17 bits per heavy atom. The first kappa shape index (κ1) is 33.8. The summed E-state index contributed by atoms with van der Waals surface area (Å²) in [5.74, 6) is 0.0267. The van der Waals surface area contributed by atoms with Crippen molar-refractivity contribution < 1.29 is 32.2 Å². The van der Waals surface area contributed by atoms with Crippen molar-refractivity contribution in [3.63, 3.8) is 0 Å². The minimum atomic E-state index is -4.22. The number of amides is 2.